The maximum absolute atomic E-state index is 12.2. The number of anilines is 2. The van der Waals surface area contributed by atoms with Crippen molar-refractivity contribution in [2.45, 2.75) is 31.9 Å². The van der Waals surface area contributed by atoms with Crippen LogP contribution in [0.3, 0.4) is 0 Å². The summed E-state index contributed by atoms with van der Waals surface area (Å²) in [4.78, 5) is 10.6. The Balaban J connectivity index is 0.000000847. The number of rotatable bonds is 2. The molecule has 0 aromatic carbocycles. The van der Waals surface area contributed by atoms with E-state index in [9.17, 15) is 4.21 Å². The molecule has 7 nitrogen and oxygen atoms in total. The number of hydrogen-bond donors (Lipinski definition) is 2. The lowest BCUT2D eigenvalue weighted by atomic mass is 10.1. The second-order valence-corrected chi connectivity index (χ2v) is 8.13. The first-order valence-electron chi connectivity index (χ1n) is 7.48. The molecule has 2 atom stereocenters. The minimum Gasteiger partial charge on any atom is -0.368 e. The molecule has 22 heavy (non-hydrogen) atoms. The fourth-order valence-electron chi connectivity index (χ4n) is 2.62. The smallest absolute Gasteiger partial charge is 0.224 e. The lowest BCUT2D eigenvalue weighted by Gasteiger charge is -2.34. The van der Waals surface area contributed by atoms with Gasteiger partial charge in [-0.25, -0.2) is 0 Å². The van der Waals surface area contributed by atoms with Gasteiger partial charge in [-0.05, 0) is 28.2 Å². The third kappa shape index (κ3) is 3.32. The summed E-state index contributed by atoms with van der Waals surface area (Å²) in [7, 11) is -2.06. The SMILES string of the molecule is C=S(C)(=O)C1CCCN(c2nc(N)nc3[nH]ncc23)C1.CC. The summed E-state index contributed by atoms with van der Waals surface area (Å²) in [5.74, 6) is 4.79. The number of fused-ring (bicyclic) bond motifs is 1. The molecule has 122 valence electrons. The lowest BCUT2D eigenvalue weighted by Crippen LogP contribution is -2.42. The molecule has 1 aliphatic heterocycles. The van der Waals surface area contributed by atoms with Gasteiger partial charge in [-0.1, -0.05) is 13.8 Å². The number of nitrogen functional groups attached to an aromatic ring is 1. The zero-order valence-corrected chi connectivity index (χ0v) is 14.2. The first-order chi connectivity index (χ1) is 10.4. The van der Waals surface area contributed by atoms with Crippen LogP contribution >= 0.6 is 0 Å². The van der Waals surface area contributed by atoms with Crippen molar-refractivity contribution in [1.29, 1.82) is 0 Å². The van der Waals surface area contributed by atoms with Crippen molar-refractivity contribution in [1.82, 2.24) is 20.2 Å². The molecule has 0 saturated carbocycles. The Labute approximate surface area is 131 Å². The van der Waals surface area contributed by atoms with Crippen LogP contribution in [0, 0.1) is 0 Å². The molecule has 2 aromatic heterocycles. The van der Waals surface area contributed by atoms with Crippen molar-refractivity contribution in [3.63, 3.8) is 0 Å². The Kier molecular flexibility index (Phi) is 4.90. The van der Waals surface area contributed by atoms with Crippen LogP contribution in [-0.2, 0) is 9.52 Å². The lowest BCUT2D eigenvalue weighted by molar-refractivity contribution is 0.569. The van der Waals surface area contributed by atoms with E-state index in [4.69, 9.17) is 5.73 Å². The topological polar surface area (TPSA) is 101 Å². The first-order valence-corrected chi connectivity index (χ1v) is 9.67. The Morgan fingerprint density at radius 2 is 2.18 bits per heavy atom. The van der Waals surface area contributed by atoms with Crippen molar-refractivity contribution in [3.05, 3.63) is 6.20 Å². The van der Waals surface area contributed by atoms with Gasteiger partial charge in [0.2, 0.25) is 5.95 Å². The van der Waals surface area contributed by atoms with Crippen LogP contribution in [0.4, 0.5) is 11.8 Å². The Morgan fingerprint density at radius 1 is 1.45 bits per heavy atom. The summed E-state index contributed by atoms with van der Waals surface area (Å²) in [6.45, 7) is 5.54. The number of piperidine rings is 1. The zero-order valence-electron chi connectivity index (χ0n) is 13.4. The third-order valence-electron chi connectivity index (χ3n) is 3.69. The molecular formula is C14H24N6OS. The van der Waals surface area contributed by atoms with Gasteiger partial charge in [0.15, 0.2) is 5.65 Å². The van der Waals surface area contributed by atoms with Crippen molar-refractivity contribution >= 4 is 38.2 Å². The van der Waals surface area contributed by atoms with E-state index in [0.717, 1.165) is 30.6 Å². The molecule has 0 spiro atoms. The quantitative estimate of drug-likeness (QED) is 0.807. The van der Waals surface area contributed by atoms with Crippen LogP contribution in [-0.4, -0.2) is 54.8 Å². The summed E-state index contributed by atoms with van der Waals surface area (Å²) in [5.41, 5.74) is 6.37. The summed E-state index contributed by atoms with van der Waals surface area (Å²) in [6, 6.07) is 0. The van der Waals surface area contributed by atoms with Gasteiger partial charge >= 0.3 is 0 Å². The maximum Gasteiger partial charge on any atom is 0.224 e. The van der Waals surface area contributed by atoms with Gasteiger partial charge in [0.05, 0.1) is 11.6 Å². The Morgan fingerprint density at radius 3 is 2.86 bits per heavy atom. The molecule has 0 radical (unpaired) electrons. The van der Waals surface area contributed by atoms with E-state index in [1.165, 1.54) is 0 Å². The summed E-state index contributed by atoms with van der Waals surface area (Å²) in [6.07, 6.45) is 5.32. The summed E-state index contributed by atoms with van der Waals surface area (Å²) < 4.78 is 12.2. The molecule has 8 heteroatoms. The van der Waals surface area contributed by atoms with Gasteiger partial charge in [-0.2, -0.15) is 15.1 Å². The van der Waals surface area contributed by atoms with Crippen LogP contribution in [0.2, 0.25) is 0 Å². The summed E-state index contributed by atoms with van der Waals surface area (Å²) in [5, 5.41) is 7.71. The predicted octanol–water partition coefficient (Wildman–Crippen LogP) is 1.28. The number of aromatic nitrogens is 4. The Bertz CT molecular complexity index is 739. The van der Waals surface area contributed by atoms with Crippen LogP contribution in [0.25, 0.3) is 11.0 Å². The molecule has 1 aliphatic rings. The highest BCUT2D eigenvalue weighted by Crippen LogP contribution is 2.27. The average molecular weight is 324 g/mol. The number of aromatic amines is 1. The molecule has 1 saturated heterocycles. The highest BCUT2D eigenvalue weighted by atomic mass is 32.2. The normalized spacial score (nSPS) is 21.0. The van der Waals surface area contributed by atoms with Gasteiger partial charge in [-0.3, -0.25) is 9.31 Å². The fraction of sp³-hybridized carbons (Fsp3) is 0.571. The van der Waals surface area contributed by atoms with Gasteiger partial charge in [0.1, 0.15) is 5.82 Å². The molecule has 3 N–H and O–H groups in total. The van der Waals surface area contributed by atoms with E-state index in [1.807, 2.05) is 13.8 Å². The van der Waals surface area contributed by atoms with Gasteiger partial charge in [-0.15, -0.1) is 0 Å². The van der Waals surface area contributed by atoms with Gasteiger partial charge in [0.25, 0.3) is 0 Å². The van der Waals surface area contributed by atoms with Crippen molar-refractivity contribution < 1.29 is 4.21 Å². The monoisotopic (exact) mass is 324 g/mol. The second kappa shape index (κ2) is 6.51. The van der Waals surface area contributed by atoms with Gasteiger partial charge < -0.3 is 10.6 Å². The van der Waals surface area contributed by atoms with Crippen molar-refractivity contribution in [3.8, 4) is 0 Å². The number of nitrogens with one attached hydrogen (secondary N) is 1. The zero-order chi connectivity index (χ0) is 16.3. The van der Waals surface area contributed by atoms with E-state index in [0.29, 0.717) is 12.2 Å². The molecule has 1 fully saturated rings. The predicted molar refractivity (Wildman–Crippen MR) is 93.9 cm³/mol. The van der Waals surface area contributed by atoms with Crippen LogP contribution < -0.4 is 10.6 Å². The minimum absolute atomic E-state index is 0.0781. The van der Waals surface area contributed by atoms with Crippen LogP contribution in [0.5, 0.6) is 0 Å². The number of hydrogen-bond acceptors (Lipinski definition) is 6. The Hall–Kier alpha value is -1.83. The van der Waals surface area contributed by atoms with E-state index >= 15 is 0 Å². The van der Waals surface area contributed by atoms with Crippen molar-refractivity contribution in [2.24, 2.45) is 0 Å². The summed E-state index contributed by atoms with van der Waals surface area (Å²) >= 11 is 0. The van der Waals surface area contributed by atoms with E-state index in [2.05, 4.69) is 30.9 Å². The van der Waals surface area contributed by atoms with E-state index in [1.54, 1.807) is 12.5 Å². The largest absolute Gasteiger partial charge is 0.368 e. The fourth-order valence-corrected chi connectivity index (χ4v) is 3.78. The first kappa shape index (κ1) is 16.5. The molecule has 0 amide bonds. The highest BCUT2D eigenvalue weighted by molar-refractivity contribution is 8.00. The second-order valence-electron chi connectivity index (χ2n) is 5.32. The number of H-pyrrole nitrogens is 1. The van der Waals surface area contributed by atoms with Crippen LogP contribution in [0.15, 0.2) is 6.20 Å². The van der Waals surface area contributed by atoms with Crippen LogP contribution in [0.1, 0.15) is 26.7 Å². The average Bonchev–Trinajstić information content (AvgIpc) is 2.96. The molecule has 2 unspecified atom stereocenters. The molecule has 0 aliphatic carbocycles. The highest BCUT2D eigenvalue weighted by Gasteiger charge is 2.26. The van der Waals surface area contributed by atoms with Crippen molar-refractivity contribution in [2.75, 3.05) is 30.0 Å². The molecule has 3 rings (SSSR count). The molecular weight excluding hydrogens is 300 g/mol. The van der Waals surface area contributed by atoms with Gasteiger partial charge in [0, 0.05) is 24.6 Å². The molecule has 3 heterocycles. The standard InChI is InChI=1S/C12H18N6OS.C2H6/c1-20(2,19)8-4-3-5-18(7-8)11-9-6-14-17-10(9)15-12(13)16-11;1-2/h6,8H,1,3-5,7H2,2H3,(H3,13,14,15,16,17);1-2H3. The third-order valence-corrected chi connectivity index (χ3v) is 5.48. The van der Waals surface area contributed by atoms with E-state index < -0.39 is 9.52 Å². The number of nitrogens with zero attached hydrogens (tertiary/aromatic N) is 4. The molecule has 0 bridgehead atoms. The molecule has 2 aromatic rings. The van der Waals surface area contributed by atoms with E-state index in [-0.39, 0.29) is 11.2 Å². The maximum atomic E-state index is 12.2. The number of nitrogens with two attached hydrogens (primary N) is 1. The minimum atomic E-state index is -2.06.